The Kier molecular flexibility index (Phi) is 7.18. The van der Waals surface area contributed by atoms with Crippen LogP contribution in [0.2, 0.25) is 0 Å². The number of imidazole rings is 2. The number of aromatic nitrogens is 4. The Balaban J connectivity index is 1.51. The lowest BCUT2D eigenvalue weighted by molar-refractivity contribution is -0.128. The standard InChI is InChI=1S/C19H28N6O3/c1-2-11-28-15-12-13(18(26)24-6-5-16-20-7-8-21-16)3-4-14(15)25-19(27)17-22-9-10-23-17/h7-10,13-15H,2-6,11-12H2,1H3,(H,20,21)(H,22,23)(H,24,26)(H,25,27)/t13-,14+,15+/m0/s1. The van der Waals surface area contributed by atoms with Gasteiger partial charge in [-0.25, -0.2) is 9.97 Å². The van der Waals surface area contributed by atoms with E-state index in [1.165, 1.54) is 0 Å². The third kappa shape index (κ3) is 5.41. The Labute approximate surface area is 164 Å². The minimum atomic E-state index is -0.249. The molecular formula is C19H28N6O3. The first-order valence-electron chi connectivity index (χ1n) is 9.85. The van der Waals surface area contributed by atoms with Gasteiger partial charge in [-0.05, 0) is 25.7 Å². The zero-order valence-corrected chi connectivity index (χ0v) is 16.1. The largest absolute Gasteiger partial charge is 0.376 e. The molecule has 3 rings (SSSR count). The highest BCUT2D eigenvalue weighted by Gasteiger charge is 2.35. The molecule has 0 aromatic carbocycles. The van der Waals surface area contributed by atoms with E-state index in [2.05, 4.69) is 30.6 Å². The number of rotatable bonds is 9. The molecule has 0 bridgehead atoms. The van der Waals surface area contributed by atoms with Crippen LogP contribution in [-0.2, 0) is 16.0 Å². The van der Waals surface area contributed by atoms with E-state index in [9.17, 15) is 9.59 Å². The normalized spacial score (nSPS) is 22.0. The molecule has 0 unspecified atom stereocenters. The number of ether oxygens (including phenoxy) is 1. The van der Waals surface area contributed by atoms with Crippen LogP contribution >= 0.6 is 0 Å². The Morgan fingerprint density at radius 2 is 2.04 bits per heavy atom. The van der Waals surface area contributed by atoms with Crippen LogP contribution in [0, 0.1) is 5.92 Å². The Morgan fingerprint density at radius 3 is 2.75 bits per heavy atom. The fourth-order valence-electron chi connectivity index (χ4n) is 3.50. The molecule has 152 valence electrons. The number of aromatic amines is 2. The molecular weight excluding hydrogens is 360 g/mol. The highest BCUT2D eigenvalue weighted by molar-refractivity contribution is 5.90. The molecule has 1 aliphatic rings. The third-order valence-electron chi connectivity index (χ3n) is 4.94. The Bertz CT molecular complexity index is 731. The van der Waals surface area contributed by atoms with Crippen molar-refractivity contribution < 1.29 is 14.3 Å². The number of hydrogen-bond donors (Lipinski definition) is 4. The van der Waals surface area contributed by atoms with Gasteiger partial charge >= 0.3 is 0 Å². The van der Waals surface area contributed by atoms with Crippen molar-refractivity contribution in [3.63, 3.8) is 0 Å². The number of hydrogen-bond acceptors (Lipinski definition) is 5. The minimum absolute atomic E-state index is 0.0347. The maximum Gasteiger partial charge on any atom is 0.287 e. The van der Waals surface area contributed by atoms with Gasteiger partial charge in [0.1, 0.15) is 5.82 Å². The Morgan fingerprint density at radius 1 is 1.21 bits per heavy atom. The molecule has 0 spiro atoms. The van der Waals surface area contributed by atoms with Crippen LogP contribution in [0.5, 0.6) is 0 Å². The molecule has 1 fully saturated rings. The summed E-state index contributed by atoms with van der Waals surface area (Å²) in [4.78, 5) is 38.9. The lowest BCUT2D eigenvalue weighted by Crippen LogP contribution is -2.50. The fourth-order valence-corrected chi connectivity index (χ4v) is 3.50. The zero-order valence-electron chi connectivity index (χ0n) is 16.1. The predicted octanol–water partition coefficient (Wildman–Crippen LogP) is 1.19. The first-order valence-corrected chi connectivity index (χ1v) is 9.85. The lowest BCUT2D eigenvalue weighted by Gasteiger charge is -2.35. The van der Waals surface area contributed by atoms with Crippen LogP contribution in [0.25, 0.3) is 0 Å². The van der Waals surface area contributed by atoms with Crippen LogP contribution in [0.3, 0.4) is 0 Å². The second-order valence-corrected chi connectivity index (χ2v) is 7.01. The number of amides is 2. The predicted molar refractivity (Wildman–Crippen MR) is 103 cm³/mol. The maximum absolute atomic E-state index is 12.6. The molecule has 2 aromatic heterocycles. The van der Waals surface area contributed by atoms with E-state index in [4.69, 9.17) is 4.74 Å². The molecule has 4 N–H and O–H groups in total. The molecule has 0 aliphatic heterocycles. The van der Waals surface area contributed by atoms with Crippen molar-refractivity contribution in [3.8, 4) is 0 Å². The number of H-pyrrole nitrogens is 2. The first kappa shape index (κ1) is 20.1. The van der Waals surface area contributed by atoms with Gasteiger partial charge in [0.2, 0.25) is 5.91 Å². The minimum Gasteiger partial charge on any atom is -0.376 e. The van der Waals surface area contributed by atoms with E-state index >= 15 is 0 Å². The van der Waals surface area contributed by atoms with Crippen molar-refractivity contribution in [3.05, 3.63) is 36.4 Å². The number of carbonyl (C=O) groups excluding carboxylic acids is 2. The number of nitrogens with zero attached hydrogens (tertiary/aromatic N) is 2. The van der Waals surface area contributed by atoms with Gasteiger partial charge < -0.3 is 25.3 Å². The molecule has 9 heteroatoms. The van der Waals surface area contributed by atoms with Crippen molar-refractivity contribution in [1.82, 2.24) is 30.6 Å². The lowest BCUT2D eigenvalue weighted by atomic mass is 9.83. The SMILES string of the molecule is CCCO[C@@H]1C[C@@H](C(=O)NCCc2ncc[nH]2)CC[C@H]1NC(=O)c1ncc[nH]1. The quantitative estimate of drug-likeness (QED) is 0.513. The van der Waals surface area contributed by atoms with Crippen molar-refractivity contribution in [2.75, 3.05) is 13.2 Å². The molecule has 3 atom stereocenters. The summed E-state index contributed by atoms with van der Waals surface area (Å²) >= 11 is 0. The van der Waals surface area contributed by atoms with Crippen molar-refractivity contribution >= 4 is 11.8 Å². The molecule has 2 heterocycles. The van der Waals surface area contributed by atoms with Gasteiger partial charge in [0.25, 0.3) is 5.91 Å². The molecule has 1 aliphatic carbocycles. The maximum atomic E-state index is 12.6. The van der Waals surface area contributed by atoms with Crippen LogP contribution in [-0.4, -0.2) is 57.0 Å². The van der Waals surface area contributed by atoms with E-state index < -0.39 is 0 Å². The fraction of sp³-hybridized carbons (Fsp3) is 0.579. The van der Waals surface area contributed by atoms with Gasteiger partial charge in [0.05, 0.1) is 12.1 Å². The second-order valence-electron chi connectivity index (χ2n) is 7.01. The van der Waals surface area contributed by atoms with Gasteiger partial charge in [-0.1, -0.05) is 6.92 Å². The van der Waals surface area contributed by atoms with Gasteiger partial charge in [-0.2, -0.15) is 0 Å². The summed E-state index contributed by atoms with van der Waals surface area (Å²) in [6.07, 6.45) is 9.99. The van der Waals surface area contributed by atoms with Crippen molar-refractivity contribution in [1.29, 1.82) is 0 Å². The number of carbonyl (C=O) groups is 2. The Hall–Kier alpha value is -2.68. The van der Waals surface area contributed by atoms with E-state index in [1.54, 1.807) is 24.8 Å². The molecule has 2 amide bonds. The van der Waals surface area contributed by atoms with Crippen LogP contribution < -0.4 is 10.6 Å². The first-order chi connectivity index (χ1) is 13.7. The van der Waals surface area contributed by atoms with Gasteiger partial charge in [0.15, 0.2) is 5.82 Å². The summed E-state index contributed by atoms with van der Waals surface area (Å²) < 4.78 is 5.97. The molecule has 1 saturated carbocycles. The summed E-state index contributed by atoms with van der Waals surface area (Å²) in [7, 11) is 0. The molecule has 2 aromatic rings. The van der Waals surface area contributed by atoms with Crippen molar-refractivity contribution in [2.45, 2.75) is 51.2 Å². The van der Waals surface area contributed by atoms with Gasteiger partial charge in [-0.3, -0.25) is 9.59 Å². The molecule has 0 radical (unpaired) electrons. The highest BCUT2D eigenvalue weighted by Crippen LogP contribution is 2.27. The third-order valence-corrected chi connectivity index (χ3v) is 4.94. The second kappa shape index (κ2) is 10.0. The van der Waals surface area contributed by atoms with Crippen LogP contribution in [0.4, 0.5) is 0 Å². The molecule has 9 nitrogen and oxygen atoms in total. The average Bonchev–Trinajstić information content (AvgIpc) is 3.41. The van der Waals surface area contributed by atoms with Crippen LogP contribution in [0.1, 0.15) is 49.1 Å². The van der Waals surface area contributed by atoms with E-state index in [1.807, 2.05) is 6.92 Å². The summed E-state index contributed by atoms with van der Waals surface area (Å²) in [6, 6.07) is -0.128. The van der Waals surface area contributed by atoms with Gasteiger partial charge in [-0.15, -0.1) is 0 Å². The van der Waals surface area contributed by atoms with E-state index in [-0.39, 0.29) is 35.7 Å². The van der Waals surface area contributed by atoms with Crippen LogP contribution in [0.15, 0.2) is 24.8 Å². The van der Waals surface area contributed by atoms with Gasteiger partial charge in [0, 0.05) is 50.3 Å². The number of nitrogens with one attached hydrogen (secondary N) is 4. The molecule has 0 saturated heterocycles. The summed E-state index contributed by atoms with van der Waals surface area (Å²) in [5, 5.41) is 5.99. The summed E-state index contributed by atoms with van der Waals surface area (Å²) in [5.41, 5.74) is 0. The zero-order chi connectivity index (χ0) is 19.8. The highest BCUT2D eigenvalue weighted by atomic mass is 16.5. The summed E-state index contributed by atoms with van der Waals surface area (Å²) in [6.45, 7) is 3.19. The molecule has 28 heavy (non-hydrogen) atoms. The topological polar surface area (TPSA) is 125 Å². The average molecular weight is 388 g/mol. The smallest absolute Gasteiger partial charge is 0.287 e. The summed E-state index contributed by atoms with van der Waals surface area (Å²) in [5.74, 6) is 0.810. The van der Waals surface area contributed by atoms with E-state index in [0.29, 0.717) is 38.8 Å². The van der Waals surface area contributed by atoms with Crippen molar-refractivity contribution in [2.24, 2.45) is 5.92 Å². The monoisotopic (exact) mass is 388 g/mol. The van der Waals surface area contributed by atoms with E-state index in [0.717, 1.165) is 12.2 Å².